The first-order chi connectivity index (χ1) is 6.70. The van der Waals surface area contributed by atoms with Gasteiger partial charge in [0.1, 0.15) is 0 Å². The topological polar surface area (TPSA) is 46.2 Å². The van der Waals surface area contributed by atoms with E-state index >= 15 is 0 Å². The molecule has 0 spiro atoms. The van der Waals surface area contributed by atoms with Crippen LogP contribution in [0.3, 0.4) is 0 Å². The molecule has 0 aliphatic heterocycles. The van der Waals surface area contributed by atoms with Crippen LogP contribution in [0.15, 0.2) is 24.3 Å². The van der Waals surface area contributed by atoms with Crippen molar-refractivity contribution in [1.82, 2.24) is 0 Å². The highest BCUT2D eigenvalue weighted by Crippen LogP contribution is 2.24. The highest BCUT2D eigenvalue weighted by atomic mass is 16.3. The van der Waals surface area contributed by atoms with Gasteiger partial charge in [0.05, 0.1) is 6.10 Å². The van der Waals surface area contributed by atoms with Crippen LogP contribution in [-0.2, 0) is 6.42 Å². The van der Waals surface area contributed by atoms with E-state index in [1.54, 1.807) is 0 Å². The van der Waals surface area contributed by atoms with Crippen molar-refractivity contribution in [3.05, 3.63) is 35.4 Å². The van der Waals surface area contributed by atoms with Gasteiger partial charge >= 0.3 is 0 Å². The summed E-state index contributed by atoms with van der Waals surface area (Å²) in [6.07, 6.45) is 0.515. The van der Waals surface area contributed by atoms with Gasteiger partial charge in [-0.05, 0) is 30.0 Å². The number of aliphatic hydroxyl groups is 1. The van der Waals surface area contributed by atoms with E-state index in [-0.39, 0.29) is 5.92 Å². The first kappa shape index (κ1) is 11.2. The molecule has 2 unspecified atom stereocenters. The number of hydrogen-bond acceptors (Lipinski definition) is 2. The van der Waals surface area contributed by atoms with Crippen molar-refractivity contribution in [1.29, 1.82) is 0 Å². The molecule has 0 fully saturated rings. The molecule has 0 aromatic heterocycles. The van der Waals surface area contributed by atoms with Crippen LogP contribution < -0.4 is 5.73 Å². The third-order valence-corrected chi connectivity index (χ3v) is 2.67. The average Bonchev–Trinajstić information content (AvgIpc) is 2.26. The van der Waals surface area contributed by atoms with Crippen molar-refractivity contribution >= 4 is 0 Å². The zero-order chi connectivity index (χ0) is 10.6. The van der Waals surface area contributed by atoms with E-state index in [0.717, 1.165) is 12.0 Å². The first-order valence-corrected chi connectivity index (χ1v) is 5.16. The van der Waals surface area contributed by atoms with E-state index in [9.17, 15) is 5.11 Å². The van der Waals surface area contributed by atoms with Gasteiger partial charge < -0.3 is 10.8 Å². The summed E-state index contributed by atoms with van der Waals surface area (Å²) in [5, 5.41) is 10.0. The third-order valence-electron chi connectivity index (χ3n) is 2.67. The Morgan fingerprint density at radius 2 is 2.00 bits per heavy atom. The van der Waals surface area contributed by atoms with Crippen molar-refractivity contribution < 1.29 is 5.11 Å². The number of rotatable bonds is 4. The second-order valence-electron chi connectivity index (χ2n) is 3.71. The molecule has 0 saturated carbocycles. The lowest BCUT2D eigenvalue weighted by molar-refractivity contribution is 0.121. The Bertz CT molecular complexity index is 285. The summed E-state index contributed by atoms with van der Waals surface area (Å²) in [6, 6.07) is 8.00. The average molecular weight is 193 g/mol. The van der Waals surface area contributed by atoms with Crippen LogP contribution in [0.2, 0.25) is 0 Å². The summed E-state index contributed by atoms with van der Waals surface area (Å²) >= 11 is 0. The van der Waals surface area contributed by atoms with Crippen molar-refractivity contribution in [3.63, 3.8) is 0 Å². The maximum atomic E-state index is 10.0. The minimum Gasteiger partial charge on any atom is -0.388 e. The number of nitrogens with two attached hydrogens (primary N) is 1. The maximum absolute atomic E-state index is 10.0. The Morgan fingerprint density at radius 1 is 1.36 bits per heavy atom. The van der Waals surface area contributed by atoms with Gasteiger partial charge in [0.25, 0.3) is 0 Å². The minimum absolute atomic E-state index is 0.114. The first-order valence-electron chi connectivity index (χ1n) is 5.16. The number of aliphatic hydroxyl groups excluding tert-OH is 1. The Morgan fingerprint density at radius 3 is 2.57 bits per heavy atom. The standard InChI is InChI=1S/C12H19NO/c1-3-10-6-4-5-7-11(10)12(14)9(2)8-13/h4-7,9,12,14H,3,8,13H2,1-2H3. The van der Waals surface area contributed by atoms with Gasteiger partial charge in [0.2, 0.25) is 0 Å². The molecule has 1 aromatic rings. The Hall–Kier alpha value is -0.860. The molecular weight excluding hydrogens is 174 g/mol. The monoisotopic (exact) mass is 193 g/mol. The summed E-state index contributed by atoms with van der Waals surface area (Å²) < 4.78 is 0. The van der Waals surface area contributed by atoms with Gasteiger partial charge in [-0.3, -0.25) is 0 Å². The minimum atomic E-state index is -0.434. The molecule has 0 bridgehead atoms. The molecule has 3 N–H and O–H groups in total. The second kappa shape index (κ2) is 5.13. The van der Waals surface area contributed by atoms with Crippen LogP contribution in [0.4, 0.5) is 0 Å². The smallest absolute Gasteiger partial charge is 0.0830 e. The second-order valence-corrected chi connectivity index (χ2v) is 3.71. The quantitative estimate of drug-likeness (QED) is 0.767. The lowest BCUT2D eigenvalue weighted by Crippen LogP contribution is -2.19. The Balaban J connectivity index is 2.93. The van der Waals surface area contributed by atoms with Crippen LogP contribution in [0.1, 0.15) is 31.1 Å². The van der Waals surface area contributed by atoms with Gasteiger partial charge in [-0.25, -0.2) is 0 Å². The highest BCUT2D eigenvalue weighted by Gasteiger charge is 2.16. The molecule has 1 rings (SSSR count). The molecular formula is C12H19NO. The predicted octanol–water partition coefficient (Wildman–Crippen LogP) is 1.88. The lowest BCUT2D eigenvalue weighted by Gasteiger charge is -2.19. The predicted molar refractivity (Wildman–Crippen MR) is 59.0 cm³/mol. The van der Waals surface area contributed by atoms with Gasteiger partial charge in [-0.2, -0.15) is 0 Å². The van der Waals surface area contributed by atoms with Gasteiger partial charge in [-0.15, -0.1) is 0 Å². The largest absolute Gasteiger partial charge is 0.388 e. The summed E-state index contributed by atoms with van der Waals surface area (Å²) in [5.74, 6) is 0.114. The highest BCUT2D eigenvalue weighted by molar-refractivity contribution is 5.29. The lowest BCUT2D eigenvalue weighted by atomic mass is 9.93. The van der Waals surface area contributed by atoms with Crippen LogP contribution in [0.25, 0.3) is 0 Å². The van der Waals surface area contributed by atoms with Crippen LogP contribution in [0, 0.1) is 5.92 Å². The molecule has 0 aliphatic carbocycles. The summed E-state index contributed by atoms with van der Waals surface area (Å²) in [4.78, 5) is 0. The zero-order valence-electron chi connectivity index (χ0n) is 8.90. The molecule has 2 heteroatoms. The van der Waals surface area contributed by atoms with Crippen LogP contribution >= 0.6 is 0 Å². The molecule has 78 valence electrons. The van der Waals surface area contributed by atoms with E-state index in [1.807, 2.05) is 25.1 Å². The van der Waals surface area contributed by atoms with E-state index in [0.29, 0.717) is 6.54 Å². The summed E-state index contributed by atoms with van der Waals surface area (Å²) in [6.45, 7) is 4.58. The normalized spacial score (nSPS) is 15.1. The third kappa shape index (κ3) is 2.34. The Labute approximate surface area is 85.8 Å². The van der Waals surface area contributed by atoms with Crippen molar-refractivity contribution in [2.24, 2.45) is 11.7 Å². The number of benzene rings is 1. The molecule has 0 amide bonds. The molecule has 2 atom stereocenters. The SMILES string of the molecule is CCc1ccccc1C(O)C(C)CN. The molecule has 2 nitrogen and oxygen atoms in total. The van der Waals surface area contributed by atoms with Crippen LogP contribution in [0.5, 0.6) is 0 Å². The van der Waals surface area contributed by atoms with Gasteiger partial charge in [0.15, 0.2) is 0 Å². The van der Waals surface area contributed by atoms with Crippen molar-refractivity contribution in [3.8, 4) is 0 Å². The summed E-state index contributed by atoms with van der Waals surface area (Å²) in [7, 11) is 0. The molecule has 0 saturated heterocycles. The molecule has 0 aliphatic rings. The molecule has 0 radical (unpaired) electrons. The Kier molecular flexibility index (Phi) is 4.11. The summed E-state index contributed by atoms with van der Waals surface area (Å²) in [5.41, 5.74) is 7.77. The van der Waals surface area contributed by atoms with E-state index < -0.39 is 6.10 Å². The number of hydrogen-bond donors (Lipinski definition) is 2. The van der Waals surface area contributed by atoms with Gasteiger partial charge in [-0.1, -0.05) is 38.1 Å². The molecule has 1 aromatic carbocycles. The maximum Gasteiger partial charge on any atom is 0.0830 e. The van der Waals surface area contributed by atoms with E-state index in [4.69, 9.17) is 5.73 Å². The van der Waals surface area contributed by atoms with E-state index in [1.165, 1.54) is 5.56 Å². The fourth-order valence-electron chi connectivity index (χ4n) is 1.58. The molecule has 14 heavy (non-hydrogen) atoms. The fraction of sp³-hybridized carbons (Fsp3) is 0.500. The van der Waals surface area contributed by atoms with Gasteiger partial charge in [0, 0.05) is 0 Å². The molecule has 0 heterocycles. The zero-order valence-corrected chi connectivity index (χ0v) is 8.90. The van der Waals surface area contributed by atoms with Crippen molar-refractivity contribution in [2.75, 3.05) is 6.54 Å². The van der Waals surface area contributed by atoms with Crippen molar-refractivity contribution in [2.45, 2.75) is 26.4 Å². The number of aryl methyl sites for hydroxylation is 1. The van der Waals surface area contributed by atoms with E-state index in [2.05, 4.69) is 13.0 Å². The fourth-order valence-corrected chi connectivity index (χ4v) is 1.58. The van der Waals surface area contributed by atoms with Crippen LogP contribution in [-0.4, -0.2) is 11.7 Å².